The SMILES string of the molecule is c1cncc(C2CNc3ccsc3S2)c1. The van der Waals surface area contributed by atoms with Crippen molar-refractivity contribution in [1.29, 1.82) is 0 Å². The Balaban J connectivity index is 1.88. The van der Waals surface area contributed by atoms with Gasteiger partial charge in [0.15, 0.2) is 0 Å². The van der Waals surface area contributed by atoms with Crippen LogP contribution in [0.15, 0.2) is 40.2 Å². The Labute approximate surface area is 96.7 Å². The number of anilines is 1. The smallest absolute Gasteiger partial charge is 0.0837 e. The molecule has 1 unspecified atom stereocenters. The number of nitrogens with zero attached hydrogens (tertiary/aromatic N) is 1. The number of pyridine rings is 1. The summed E-state index contributed by atoms with van der Waals surface area (Å²) in [5.74, 6) is 0. The van der Waals surface area contributed by atoms with Crippen molar-refractivity contribution in [2.45, 2.75) is 9.46 Å². The van der Waals surface area contributed by atoms with E-state index in [2.05, 4.69) is 27.8 Å². The van der Waals surface area contributed by atoms with Crippen LogP contribution in [0.1, 0.15) is 10.8 Å². The molecule has 2 aromatic rings. The van der Waals surface area contributed by atoms with E-state index in [1.807, 2.05) is 30.2 Å². The second-order valence-corrected chi connectivity index (χ2v) is 5.78. The van der Waals surface area contributed by atoms with Gasteiger partial charge in [-0.3, -0.25) is 4.98 Å². The Morgan fingerprint density at radius 1 is 1.40 bits per heavy atom. The highest BCUT2D eigenvalue weighted by atomic mass is 32.2. The summed E-state index contributed by atoms with van der Waals surface area (Å²) in [6.07, 6.45) is 3.78. The summed E-state index contributed by atoms with van der Waals surface area (Å²) < 4.78 is 1.38. The lowest BCUT2D eigenvalue weighted by Crippen LogP contribution is -2.13. The van der Waals surface area contributed by atoms with Crippen molar-refractivity contribution in [1.82, 2.24) is 4.98 Å². The third kappa shape index (κ3) is 1.75. The number of hydrogen-bond donors (Lipinski definition) is 1. The van der Waals surface area contributed by atoms with Gasteiger partial charge in [0.05, 0.1) is 15.1 Å². The summed E-state index contributed by atoms with van der Waals surface area (Å²) in [5, 5.41) is 6.08. The summed E-state index contributed by atoms with van der Waals surface area (Å²) in [6, 6.07) is 6.29. The van der Waals surface area contributed by atoms with Gasteiger partial charge in [-0.2, -0.15) is 0 Å². The molecule has 1 N–H and O–H groups in total. The van der Waals surface area contributed by atoms with Crippen LogP contribution in [0, 0.1) is 0 Å². The van der Waals surface area contributed by atoms with Crippen LogP contribution in [0.4, 0.5) is 5.69 Å². The van der Waals surface area contributed by atoms with Crippen LogP contribution >= 0.6 is 23.1 Å². The molecule has 1 aliphatic heterocycles. The van der Waals surface area contributed by atoms with E-state index in [1.54, 1.807) is 11.3 Å². The molecule has 4 heteroatoms. The molecule has 0 saturated carbocycles. The van der Waals surface area contributed by atoms with E-state index in [0.717, 1.165) is 6.54 Å². The maximum Gasteiger partial charge on any atom is 0.0837 e. The first-order valence-electron chi connectivity index (χ1n) is 4.81. The molecule has 2 aromatic heterocycles. The molecule has 15 heavy (non-hydrogen) atoms. The van der Waals surface area contributed by atoms with Crippen molar-refractivity contribution >= 4 is 28.8 Å². The summed E-state index contributed by atoms with van der Waals surface area (Å²) in [7, 11) is 0. The zero-order valence-corrected chi connectivity index (χ0v) is 9.65. The molecule has 0 bridgehead atoms. The van der Waals surface area contributed by atoms with Gasteiger partial charge in [-0.1, -0.05) is 6.07 Å². The molecule has 2 nitrogen and oxygen atoms in total. The minimum atomic E-state index is 0.491. The van der Waals surface area contributed by atoms with Gasteiger partial charge in [0, 0.05) is 18.9 Å². The predicted octanol–water partition coefficient (Wildman–Crippen LogP) is 3.40. The fraction of sp³-hybridized carbons (Fsp3) is 0.182. The van der Waals surface area contributed by atoms with Gasteiger partial charge in [-0.05, 0) is 23.1 Å². The van der Waals surface area contributed by atoms with Crippen LogP contribution in [-0.2, 0) is 0 Å². The summed E-state index contributed by atoms with van der Waals surface area (Å²) in [5.41, 5.74) is 2.58. The van der Waals surface area contributed by atoms with E-state index in [-0.39, 0.29) is 0 Å². The second-order valence-electron chi connectivity index (χ2n) is 3.40. The second kappa shape index (κ2) is 3.87. The van der Waals surface area contributed by atoms with Crippen LogP contribution in [0.2, 0.25) is 0 Å². The van der Waals surface area contributed by atoms with Crippen molar-refractivity contribution < 1.29 is 0 Å². The lowest BCUT2D eigenvalue weighted by molar-refractivity contribution is 0.962. The van der Waals surface area contributed by atoms with Crippen molar-refractivity contribution in [3.05, 3.63) is 41.5 Å². The number of fused-ring (bicyclic) bond motifs is 1. The first kappa shape index (κ1) is 9.24. The van der Waals surface area contributed by atoms with Crippen LogP contribution in [0.3, 0.4) is 0 Å². The van der Waals surface area contributed by atoms with E-state index >= 15 is 0 Å². The lowest BCUT2D eigenvalue weighted by Gasteiger charge is -2.22. The van der Waals surface area contributed by atoms with Gasteiger partial charge < -0.3 is 5.32 Å². The average molecular weight is 234 g/mol. The van der Waals surface area contributed by atoms with Gasteiger partial charge in [-0.15, -0.1) is 23.1 Å². The molecule has 76 valence electrons. The molecule has 0 amide bonds. The van der Waals surface area contributed by atoms with E-state index in [9.17, 15) is 0 Å². The number of rotatable bonds is 1. The standard InChI is InChI=1S/C11H10N2S2/c1-2-8(6-12-4-1)10-7-13-9-3-5-14-11(9)15-10/h1-6,10,13H,7H2. The van der Waals surface area contributed by atoms with Crippen molar-refractivity contribution in [2.75, 3.05) is 11.9 Å². The van der Waals surface area contributed by atoms with Crippen LogP contribution in [-0.4, -0.2) is 11.5 Å². The maximum absolute atomic E-state index is 4.17. The monoisotopic (exact) mass is 234 g/mol. The largest absolute Gasteiger partial charge is 0.382 e. The normalized spacial score (nSPS) is 19.3. The Morgan fingerprint density at radius 2 is 2.40 bits per heavy atom. The molecular formula is C11H10N2S2. The quantitative estimate of drug-likeness (QED) is 0.818. The molecular weight excluding hydrogens is 224 g/mol. The van der Waals surface area contributed by atoms with E-state index in [4.69, 9.17) is 0 Å². The van der Waals surface area contributed by atoms with Crippen LogP contribution in [0.5, 0.6) is 0 Å². The van der Waals surface area contributed by atoms with Gasteiger partial charge in [0.25, 0.3) is 0 Å². The van der Waals surface area contributed by atoms with Gasteiger partial charge in [0.2, 0.25) is 0 Å². The average Bonchev–Trinajstić information content (AvgIpc) is 2.77. The summed E-state index contributed by atoms with van der Waals surface area (Å²) in [6.45, 7) is 0.986. The minimum absolute atomic E-state index is 0.491. The first-order valence-corrected chi connectivity index (χ1v) is 6.57. The Morgan fingerprint density at radius 3 is 3.27 bits per heavy atom. The molecule has 1 atom stereocenters. The van der Waals surface area contributed by atoms with Crippen molar-refractivity contribution in [3.8, 4) is 0 Å². The molecule has 3 heterocycles. The van der Waals surface area contributed by atoms with Crippen LogP contribution in [0.25, 0.3) is 0 Å². The highest BCUT2D eigenvalue weighted by Crippen LogP contribution is 2.45. The highest BCUT2D eigenvalue weighted by molar-refractivity contribution is 8.01. The highest BCUT2D eigenvalue weighted by Gasteiger charge is 2.21. The molecule has 0 spiro atoms. The number of thiophene rings is 1. The Kier molecular flexibility index (Phi) is 2.38. The fourth-order valence-corrected chi connectivity index (χ4v) is 3.94. The Bertz CT molecular complexity index is 453. The van der Waals surface area contributed by atoms with E-state index in [1.165, 1.54) is 15.5 Å². The van der Waals surface area contributed by atoms with E-state index < -0.39 is 0 Å². The first-order chi connectivity index (χ1) is 7.43. The molecule has 0 fully saturated rings. The van der Waals surface area contributed by atoms with Crippen LogP contribution < -0.4 is 5.32 Å². The third-order valence-corrected chi connectivity index (χ3v) is 4.85. The van der Waals surface area contributed by atoms with Gasteiger partial charge in [-0.25, -0.2) is 0 Å². The summed E-state index contributed by atoms with van der Waals surface area (Å²) in [4.78, 5) is 4.17. The zero-order valence-electron chi connectivity index (χ0n) is 8.01. The molecule has 0 radical (unpaired) electrons. The molecule has 3 rings (SSSR count). The maximum atomic E-state index is 4.17. The lowest BCUT2D eigenvalue weighted by atomic mass is 10.2. The molecule has 0 saturated heterocycles. The topological polar surface area (TPSA) is 24.9 Å². The molecule has 0 aliphatic carbocycles. The van der Waals surface area contributed by atoms with Crippen molar-refractivity contribution in [2.24, 2.45) is 0 Å². The number of aromatic nitrogens is 1. The predicted molar refractivity (Wildman–Crippen MR) is 65.6 cm³/mol. The number of hydrogen-bond acceptors (Lipinski definition) is 4. The van der Waals surface area contributed by atoms with Crippen molar-refractivity contribution in [3.63, 3.8) is 0 Å². The zero-order chi connectivity index (χ0) is 10.1. The van der Waals surface area contributed by atoms with E-state index in [0.29, 0.717) is 5.25 Å². The number of thioether (sulfide) groups is 1. The third-order valence-electron chi connectivity index (χ3n) is 2.41. The Hall–Kier alpha value is -1.00. The number of nitrogens with one attached hydrogen (secondary N) is 1. The minimum Gasteiger partial charge on any atom is -0.382 e. The van der Waals surface area contributed by atoms with Gasteiger partial charge in [0.1, 0.15) is 0 Å². The molecule has 1 aliphatic rings. The van der Waals surface area contributed by atoms with Gasteiger partial charge >= 0.3 is 0 Å². The summed E-state index contributed by atoms with van der Waals surface area (Å²) >= 11 is 3.74. The fourth-order valence-electron chi connectivity index (χ4n) is 1.64. The molecule has 0 aromatic carbocycles.